The van der Waals surface area contributed by atoms with Gasteiger partial charge in [0.25, 0.3) is 0 Å². The molecule has 1 fully saturated rings. The fourth-order valence-corrected chi connectivity index (χ4v) is 3.57. The Hall–Kier alpha value is -1.52. The van der Waals surface area contributed by atoms with Crippen LogP contribution in [0.4, 0.5) is 0 Å². The second-order valence-electron chi connectivity index (χ2n) is 7.13. The first-order valence-corrected chi connectivity index (χ1v) is 10.0. The number of rotatable bonds is 7. The van der Waals surface area contributed by atoms with E-state index < -0.39 is 0 Å². The first kappa shape index (κ1) is 20.2. The molecule has 2 aromatic carbocycles. The zero-order chi connectivity index (χ0) is 19.2. The molecule has 1 aliphatic heterocycles. The summed E-state index contributed by atoms with van der Waals surface area (Å²) in [4.78, 5) is 2.43. The maximum absolute atomic E-state index is 6.15. The highest BCUT2D eigenvalue weighted by Gasteiger charge is 2.26. The van der Waals surface area contributed by atoms with E-state index in [0.717, 1.165) is 38.4 Å². The molecule has 1 aliphatic rings. The van der Waals surface area contributed by atoms with Crippen LogP contribution in [0.15, 0.2) is 60.8 Å². The average molecular weight is 405 g/mol. The molecule has 5 heteroatoms. The summed E-state index contributed by atoms with van der Waals surface area (Å²) in [5.41, 5.74) is 3.44. The number of hydrogen-bond donors (Lipinski definition) is 1. The van der Waals surface area contributed by atoms with E-state index in [0.29, 0.717) is 16.1 Å². The zero-order valence-corrected chi connectivity index (χ0v) is 17.1. The molecule has 2 aromatic rings. The van der Waals surface area contributed by atoms with Crippen molar-refractivity contribution in [2.45, 2.75) is 32.0 Å². The predicted molar refractivity (Wildman–Crippen MR) is 113 cm³/mol. The van der Waals surface area contributed by atoms with E-state index >= 15 is 0 Å². The summed E-state index contributed by atoms with van der Waals surface area (Å²) in [5.74, 6) is 0. The summed E-state index contributed by atoms with van der Waals surface area (Å²) in [5, 5.41) is 4.63. The average Bonchev–Trinajstić information content (AvgIpc) is 2.66. The number of benzene rings is 2. The lowest BCUT2D eigenvalue weighted by Gasteiger charge is -2.38. The van der Waals surface area contributed by atoms with Gasteiger partial charge in [-0.3, -0.25) is 4.90 Å². The standard InChI is InChI=1S/C22H26Cl2N2O/c1-16(10-18-6-4-3-5-7-18)25-12-20-14-26(17(2)15-27-20)13-19-8-9-21(23)22(24)11-19/h3-9,11,17,20,25H,1,10,12-15H2,2H3. The molecule has 1 saturated heterocycles. The zero-order valence-electron chi connectivity index (χ0n) is 15.6. The van der Waals surface area contributed by atoms with Gasteiger partial charge in [-0.25, -0.2) is 0 Å². The Bertz CT molecular complexity index is 766. The molecule has 0 saturated carbocycles. The number of morpholine rings is 1. The largest absolute Gasteiger partial charge is 0.386 e. The minimum absolute atomic E-state index is 0.136. The lowest BCUT2D eigenvalue weighted by molar-refractivity contribution is -0.0591. The second kappa shape index (κ2) is 9.61. The van der Waals surface area contributed by atoms with Gasteiger partial charge in [-0.15, -0.1) is 0 Å². The van der Waals surface area contributed by atoms with E-state index in [-0.39, 0.29) is 6.10 Å². The van der Waals surface area contributed by atoms with Crippen LogP contribution in [0, 0.1) is 0 Å². The molecule has 0 bridgehead atoms. The topological polar surface area (TPSA) is 24.5 Å². The molecular weight excluding hydrogens is 379 g/mol. The van der Waals surface area contributed by atoms with Crippen molar-refractivity contribution in [1.82, 2.24) is 10.2 Å². The SMILES string of the molecule is C=C(Cc1ccccc1)NCC1CN(Cc2ccc(Cl)c(Cl)c2)C(C)CO1. The van der Waals surface area contributed by atoms with E-state index in [4.69, 9.17) is 27.9 Å². The van der Waals surface area contributed by atoms with Gasteiger partial charge in [0.05, 0.1) is 22.8 Å². The molecule has 1 N–H and O–H groups in total. The molecular formula is C22H26Cl2N2O. The molecule has 0 aromatic heterocycles. The normalized spacial score (nSPS) is 20.4. The minimum atomic E-state index is 0.136. The van der Waals surface area contributed by atoms with Gasteiger partial charge in [-0.2, -0.15) is 0 Å². The Morgan fingerprint density at radius 2 is 1.93 bits per heavy atom. The van der Waals surface area contributed by atoms with Crippen LogP contribution in [0.3, 0.4) is 0 Å². The van der Waals surface area contributed by atoms with Gasteiger partial charge in [0, 0.05) is 37.8 Å². The summed E-state index contributed by atoms with van der Waals surface area (Å²) < 4.78 is 6.01. The molecule has 27 heavy (non-hydrogen) atoms. The smallest absolute Gasteiger partial charge is 0.0874 e. The van der Waals surface area contributed by atoms with Crippen molar-refractivity contribution < 1.29 is 4.74 Å². The van der Waals surface area contributed by atoms with E-state index in [2.05, 4.69) is 48.0 Å². The van der Waals surface area contributed by atoms with Crippen LogP contribution in [0.25, 0.3) is 0 Å². The highest BCUT2D eigenvalue weighted by atomic mass is 35.5. The van der Waals surface area contributed by atoms with Crippen molar-refractivity contribution in [1.29, 1.82) is 0 Å². The van der Waals surface area contributed by atoms with E-state index in [1.165, 1.54) is 11.1 Å². The fraction of sp³-hybridized carbons (Fsp3) is 0.364. The van der Waals surface area contributed by atoms with Crippen molar-refractivity contribution in [2.75, 3.05) is 19.7 Å². The Balaban J connectivity index is 1.50. The molecule has 1 heterocycles. The molecule has 2 unspecified atom stereocenters. The molecule has 144 valence electrons. The first-order chi connectivity index (χ1) is 13.0. The Kier molecular flexibility index (Phi) is 7.20. The minimum Gasteiger partial charge on any atom is -0.386 e. The van der Waals surface area contributed by atoms with E-state index in [9.17, 15) is 0 Å². The van der Waals surface area contributed by atoms with Gasteiger partial charge in [-0.1, -0.05) is 66.2 Å². The fourth-order valence-electron chi connectivity index (χ4n) is 3.25. The monoisotopic (exact) mass is 404 g/mol. The van der Waals surface area contributed by atoms with E-state index in [1.807, 2.05) is 24.3 Å². The number of ether oxygens (including phenoxy) is 1. The third kappa shape index (κ3) is 5.98. The van der Waals surface area contributed by atoms with Crippen LogP contribution in [0.1, 0.15) is 18.1 Å². The van der Waals surface area contributed by atoms with Crippen molar-refractivity contribution in [3.63, 3.8) is 0 Å². The highest BCUT2D eigenvalue weighted by molar-refractivity contribution is 6.42. The van der Waals surface area contributed by atoms with Crippen LogP contribution in [-0.4, -0.2) is 36.7 Å². The number of hydrogen-bond acceptors (Lipinski definition) is 3. The Morgan fingerprint density at radius 3 is 2.67 bits per heavy atom. The van der Waals surface area contributed by atoms with Gasteiger partial charge in [0.2, 0.25) is 0 Å². The summed E-state index contributed by atoms with van der Waals surface area (Å²) in [6.45, 7) is 9.52. The molecule has 3 nitrogen and oxygen atoms in total. The van der Waals surface area contributed by atoms with Gasteiger partial charge in [0.1, 0.15) is 0 Å². The Morgan fingerprint density at radius 1 is 1.15 bits per heavy atom. The van der Waals surface area contributed by atoms with Gasteiger partial charge in [0.15, 0.2) is 0 Å². The van der Waals surface area contributed by atoms with Crippen LogP contribution in [-0.2, 0) is 17.7 Å². The highest BCUT2D eigenvalue weighted by Crippen LogP contribution is 2.24. The van der Waals surface area contributed by atoms with Gasteiger partial charge >= 0.3 is 0 Å². The molecule has 0 radical (unpaired) electrons. The molecule has 0 aliphatic carbocycles. The number of allylic oxidation sites excluding steroid dienone is 1. The number of nitrogens with zero attached hydrogens (tertiary/aromatic N) is 1. The molecule has 0 amide bonds. The maximum Gasteiger partial charge on any atom is 0.0874 e. The number of halogens is 2. The molecule has 2 atom stereocenters. The first-order valence-electron chi connectivity index (χ1n) is 9.26. The van der Waals surface area contributed by atoms with Crippen molar-refractivity contribution >= 4 is 23.2 Å². The molecule has 3 rings (SSSR count). The van der Waals surface area contributed by atoms with Crippen LogP contribution in [0.5, 0.6) is 0 Å². The summed E-state index contributed by atoms with van der Waals surface area (Å²) >= 11 is 12.2. The summed E-state index contributed by atoms with van der Waals surface area (Å²) in [6, 6.07) is 16.6. The molecule has 0 spiro atoms. The predicted octanol–water partition coefficient (Wildman–Crippen LogP) is 4.93. The van der Waals surface area contributed by atoms with Crippen LogP contribution >= 0.6 is 23.2 Å². The van der Waals surface area contributed by atoms with Crippen molar-refractivity contribution in [3.8, 4) is 0 Å². The van der Waals surface area contributed by atoms with Crippen LogP contribution < -0.4 is 5.32 Å². The van der Waals surface area contributed by atoms with Crippen molar-refractivity contribution in [2.24, 2.45) is 0 Å². The van der Waals surface area contributed by atoms with Crippen LogP contribution in [0.2, 0.25) is 10.0 Å². The van der Waals surface area contributed by atoms with Crippen molar-refractivity contribution in [3.05, 3.63) is 82.0 Å². The third-order valence-electron chi connectivity index (χ3n) is 4.84. The second-order valence-corrected chi connectivity index (χ2v) is 7.94. The lowest BCUT2D eigenvalue weighted by atomic mass is 10.1. The Labute approximate surface area is 171 Å². The maximum atomic E-state index is 6.15. The van der Waals surface area contributed by atoms with E-state index in [1.54, 1.807) is 0 Å². The summed E-state index contributed by atoms with van der Waals surface area (Å²) in [6.07, 6.45) is 0.966. The quantitative estimate of drug-likeness (QED) is 0.707. The lowest BCUT2D eigenvalue weighted by Crippen LogP contribution is -2.50. The third-order valence-corrected chi connectivity index (χ3v) is 5.58. The van der Waals surface area contributed by atoms with Gasteiger partial charge < -0.3 is 10.1 Å². The number of nitrogens with one attached hydrogen (secondary N) is 1. The summed E-state index contributed by atoms with van der Waals surface area (Å²) in [7, 11) is 0. The van der Waals surface area contributed by atoms with Gasteiger partial charge in [-0.05, 0) is 30.2 Å².